The van der Waals surface area contributed by atoms with Gasteiger partial charge >= 0.3 is 0 Å². The third-order valence-electron chi connectivity index (χ3n) is 1.49. The van der Waals surface area contributed by atoms with E-state index in [1.807, 2.05) is 26.0 Å². The van der Waals surface area contributed by atoms with Crippen LogP contribution in [0.25, 0.3) is 10.2 Å². The van der Waals surface area contributed by atoms with Crippen molar-refractivity contribution in [1.82, 2.24) is 4.98 Å². The summed E-state index contributed by atoms with van der Waals surface area (Å²) in [6.45, 7) is 6.06. The monoisotopic (exact) mass is 213 g/mol. The maximum Gasteiger partial charge on any atom is 0.0827 e. The maximum atomic E-state index is 5.94. The molecule has 0 aliphatic rings. The molecule has 2 rings (SSSR count). The van der Waals surface area contributed by atoms with Crippen molar-refractivity contribution < 1.29 is 0 Å². The highest BCUT2D eigenvalue weighted by Crippen LogP contribution is 2.29. The van der Waals surface area contributed by atoms with Crippen LogP contribution in [0.2, 0.25) is 5.02 Å². The Hall–Kier alpha value is -0.600. The van der Waals surface area contributed by atoms with Gasteiger partial charge in [-0.05, 0) is 19.1 Å². The van der Waals surface area contributed by atoms with E-state index in [2.05, 4.69) is 11.9 Å². The first-order chi connectivity index (χ1) is 6.27. The van der Waals surface area contributed by atoms with Gasteiger partial charge in [-0.2, -0.15) is 0 Å². The number of fused-ring (bicyclic) bond motifs is 1. The van der Waals surface area contributed by atoms with Crippen molar-refractivity contribution in [2.24, 2.45) is 0 Å². The van der Waals surface area contributed by atoms with Crippen molar-refractivity contribution >= 4 is 33.2 Å². The van der Waals surface area contributed by atoms with Gasteiger partial charge in [0.1, 0.15) is 0 Å². The van der Waals surface area contributed by atoms with Crippen molar-refractivity contribution in [1.29, 1.82) is 0 Å². The van der Waals surface area contributed by atoms with Crippen LogP contribution in [-0.4, -0.2) is 4.98 Å². The summed E-state index contributed by atoms with van der Waals surface area (Å²) in [4.78, 5) is 5.44. The van der Waals surface area contributed by atoms with Gasteiger partial charge in [0.2, 0.25) is 0 Å². The fourth-order valence-electron chi connectivity index (χ4n) is 1.03. The lowest BCUT2D eigenvalue weighted by atomic mass is 10.4. The van der Waals surface area contributed by atoms with E-state index in [-0.39, 0.29) is 0 Å². The molecule has 13 heavy (non-hydrogen) atoms. The molecule has 0 N–H and O–H groups in total. The molecule has 0 atom stereocenters. The van der Waals surface area contributed by atoms with Crippen LogP contribution >= 0.6 is 22.9 Å². The van der Waals surface area contributed by atoms with E-state index in [1.165, 1.54) is 4.88 Å². The highest BCUT2D eigenvalue weighted by molar-refractivity contribution is 7.19. The van der Waals surface area contributed by atoms with Gasteiger partial charge in [-0.3, -0.25) is 4.98 Å². The first-order valence-corrected chi connectivity index (χ1v) is 5.47. The Morgan fingerprint density at radius 1 is 1.38 bits per heavy atom. The van der Waals surface area contributed by atoms with Gasteiger partial charge in [-0.25, -0.2) is 0 Å². The van der Waals surface area contributed by atoms with Crippen LogP contribution in [-0.2, 0) is 0 Å². The normalized spacial score (nSPS) is 9.54. The van der Waals surface area contributed by atoms with Gasteiger partial charge in [-0.15, -0.1) is 11.3 Å². The molecule has 0 aliphatic heterocycles. The van der Waals surface area contributed by atoms with Gasteiger partial charge in [0.25, 0.3) is 0 Å². The molecule has 3 heteroatoms. The Balaban J connectivity index is 0.000000396. The lowest BCUT2D eigenvalue weighted by Crippen LogP contribution is -1.69. The predicted molar refractivity (Wildman–Crippen MR) is 60.7 cm³/mol. The second-order valence-corrected chi connectivity index (χ2v) is 4.03. The highest BCUT2D eigenvalue weighted by Gasteiger charge is 2.01. The van der Waals surface area contributed by atoms with E-state index < -0.39 is 0 Å². The van der Waals surface area contributed by atoms with Crippen LogP contribution in [0.1, 0.15) is 18.7 Å². The van der Waals surface area contributed by atoms with Crippen LogP contribution in [0, 0.1) is 6.92 Å². The summed E-state index contributed by atoms with van der Waals surface area (Å²) >= 11 is 7.63. The van der Waals surface area contributed by atoms with Crippen LogP contribution in [0.15, 0.2) is 18.3 Å². The molecule has 0 unspecified atom stereocenters. The molecule has 2 aromatic rings. The maximum absolute atomic E-state index is 5.94. The van der Waals surface area contributed by atoms with Gasteiger partial charge in [0.15, 0.2) is 0 Å². The second kappa shape index (κ2) is 4.58. The SMILES string of the molecule is CC.Cc1cc2nccc(Cl)c2s1. The van der Waals surface area contributed by atoms with Crippen molar-refractivity contribution in [2.75, 3.05) is 0 Å². The lowest BCUT2D eigenvalue weighted by Gasteiger charge is -1.88. The Bertz CT molecular complexity index is 395. The summed E-state index contributed by atoms with van der Waals surface area (Å²) in [5, 5.41) is 0.799. The second-order valence-electron chi connectivity index (χ2n) is 2.36. The van der Waals surface area contributed by atoms with Crippen molar-refractivity contribution in [3.8, 4) is 0 Å². The number of halogens is 1. The van der Waals surface area contributed by atoms with Gasteiger partial charge in [-0.1, -0.05) is 25.4 Å². The average Bonchev–Trinajstić information content (AvgIpc) is 2.51. The van der Waals surface area contributed by atoms with Crippen LogP contribution in [0.3, 0.4) is 0 Å². The minimum absolute atomic E-state index is 0.799. The topological polar surface area (TPSA) is 12.9 Å². The lowest BCUT2D eigenvalue weighted by molar-refractivity contribution is 1.42. The van der Waals surface area contributed by atoms with E-state index in [0.29, 0.717) is 0 Å². The summed E-state index contributed by atoms with van der Waals surface area (Å²) in [6.07, 6.45) is 1.73. The third-order valence-corrected chi connectivity index (χ3v) is 2.99. The molecular weight excluding hydrogens is 202 g/mol. The predicted octanol–water partition coefficient (Wildman–Crippen LogP) is 4.28. The molecule has 0 aliphatic carbocycles. The number of rotatable bonds is 0. The zero-order chi connectivity index (χ0) is 9.84. The molecule has 0 bridgehead atoms. The van der Waals surface area contributed by atoms with E-state index in [9.17, 15) is 0 Å². The highest BCUT2D eigenvalue weighted by atomic mass is 35.5. The molecule has 2 aromatic heterocycles. The molecule has 0 aromatic carbocycles. The minimum atomic E-state index is 0.799. The molecule has 0 saturated carbocycles. The Morgan fingerprint density at radius 3 is 2.69 bits per heavy atom. The first-order valence-electron chi connectivity index (χ1n) is 4.28. The number of nitrogens with zero attached hydrogens (tertiary/aromatic N) is 1. The zero-order valence-electron chi connectivity index (χ0n) is 7.97. The smallest absolute Gasteiger partial charge is 0.0827 e. The number of thiophene rings is 1. The van der Waals surface area contributed by atoms with Crippen molar-refractivity contribution in [3.63, 3.8) is 0 Å². The molecule has 0 spiro atoms. The summed E-state index contributed by atoms with van der Waals surface area (Å²) in [7, 11) is 0. The summed E-state index contributed by atoms with van der Waals surface area (Å²) in [5.41, 5.74) is 1.00. The van der Waals surface area contributed by atoms with E-state index in [0.717, 1.165) is 15.2 Å². The summed E-state index contributed by atoms with van der Waals surface area (Å²) in [5.74, 6) is 0. The van der Waals surface area contributed by atoms with E-state index in [4.69, 9.17) is 11.6 Å². The largest absolute Gasteiger partial charge is 0.255 e. The number of pyridine rings is 1. The fourth-order valence-corrected chi connectivity index (χ4v) is 2.17. The quantitative estimate of drug-likeness (QED) is 0.637. The van der Waals surface area contributed by atoms with Gasteiger partial charge < -0.3 is 0 Å². The molecule has 0 amide bonds. The number of hydrogen-bond acceptors (Lipinski definition) is 2. The fraction of sp³-hybridized carbons (Fsp3) is 0.300. The van der Waals surface area contributed by atoms with Gasteiger partial charge in [0.05, 0.1) is 15.2 Å². The van der Waals surface area contributed by atoms with E-state index in [1.54, 1.807) is 17.5 Å². The first kappa shape index (κ1) is 10.5. The summed E-state index contributed by atoms with van der Waals surface area (Å²) in [6, 6.07) is 3.87. The third kappa shape index (κ3) is 2.20. The van der Waals surface area contributed by atoms with E-state index >= 15 is 0 Å². The molecule has 2 heterocycles. The van der Waals surface area contributed by atoms with Crippen LogP contribution in [0.5, 0.6) is 0 Å². The molecule has 70 valence electrons. The standard InChI is InChI=1S/C8H6ClNS.C2H6/c1-5-4-7-8(11-5)6(9)2-3-10-7;1-2/h2-4H,1H3;1-2H3. The Labute approximate surface area is 87.4 Å². The van der Waals surface area contributed by atoms with Crippen molar-refractivity contribution in [2.45, 2.75) is 20.8 Å². The van der Waals surface area contributed by atoms with Gasteiger partial charge in [0, 0.05) is 11.1 Å². The molecule has 0 saturated heterocycles. The molecular formula is C10H12ClNS. The van der Waals surface area contributed by atoms with Crippen molar-refractivity contribution in [3.05, 3.63) is 28.2 Å². The minimum Gasteiger partial charge on any atom is -0.255 e. The Kier molecular flexibility index (Phi) is 3.70. The Morgan fingerprint density at radius 2 is 2.08 bits per heavy atom. The number of aryl methyl sites for hydroxylation is 1. The number of aromatic nitrogens is 1. The van der Waals surface area contributed by atoms with Crippen LogP contribution < -0.4 is 0 Å². The average molecular weight is 214 g/mol. The zero-order valence-corrected chi connectivity index (χ0v) is 9.54. The number of hydrogen-bond donors (Lipinski definition) is 0. The molecule has 0 radical (unpaired) electrons. The molecule has 1 nitrogen and oxygen atoms in total. The van der Waals surface area contributed by atoms with Crippen LogP contribution in [0.4, 0.5) is 0 Å². The molecule has 0 fully saturated rings. The summed E-state index contributed by atoms with van der Waals surface area (Å²) < 4.78 is 1.09.